The first-order chi connectivity index (χ1) is 7.79. The molecule has 82 valence electrons. The highest BCUT2D eigenvalue weighted by Gasteiger charge is 2.27. The standard InChI is InChI=1S/C12H12N2O2/c1-16-8-4-5-9-10(6-8)12(15)14-13-11(9)7-2-3-7/h4-7H,2-3H2,1H3,(H,14,15). The highest BCUT2D eigenvalue weighted by Crippen LogP contribution is 2.41. The maximum absolute atomic E-state index is 11.7. The summed E-state index contributed by atoms with van der Waals surface area (Å²) in [5, 5.41) is 8.31. The first-order valence-electron chi connectivity index (χ1n) is 5.36. The van der Waals surface area contributed by atoms with Gasteiger partial charge in [0, 0.05) is 11.3 Å². The third-order valence-corrected chi connectivity index (χ3v) is 2.99. The first-order valence-corrected chi connectivity index (χ1v) is 5.36. The van der Waals surface area contributed by atoms with E-state index in [0.717, 1.165) is 11.1 Å². The van der Waals surface area contributed by atoms with Crippen LogP contribution in [-0.2, 0) is 0 Å². The van der Waals surface area contributed by atoms with Gasteiger partial charge in [0.1, 0.15) is 5.75 Å². The predicted octanol–water partition coefficient (Wildman–Crippen LogP) is 1.81. The number of rotatable bonds is 2. The van der Waals surface area contributed by atoms with Crippen LogP contribution in [-0.4, -0.2) is 17.3 Å². The molecule has 0 radical (unpaired) electrons. The van der Waals surface area contributed by atoms with Crippen LogP contribution >= 0.6 is 0 Å². The maximum atomic E-state index is 11.7. The molecule has 1 aromatic carbocycles. The van der Waals surface area contributed by atoms with Gasteiger partial charge in [0.25, 0.3) is 5.56 Å². The quantitative estimate of drug-likeness (QED) is 0.832. The van der Waals surface area contributed by atoms with E-state index in [1.54, 1.807) is 13.2 Å². The van der Waals surface area contributed by atoms with Crippen LogP contribution in [0.2, 0.25) is 0 Å². The third-order valence-electron chi connectivity index (χ3n) is 2.99. The maximum Gasteiger partial charge on any atom is 0.272 e. The van der Waals surface area contributed by atoms with Crippen molar-refractivity contribution in [2.75, 3.05) is 7.11 Å². The summed E-state index contributed by atoms with van der Waals surface area (Å²) >= 11 is 0. The van der Waals surface area contributed by atoms with E-state index in [1.165, 1.54) is 12.8 Å². The molecule has 0 spiro atoms. The van der Waals surface area contributed by atoms with Crippen LogP contribution in [0.4, 0.5) is 0 Å². The Bertz CT molecular complexity index is 599. The molecule has 0 atom stereocenters. The Balaban J connectivity index is 2.32. The van der Waals surface area contributed by atoms with Gasteiger partial charge >= 0.3 is 0 Å². The molecule has 0 unspecified atom stereocenters. The van der Waals surface area contributed by atoms with Gasteiger partial charge < -0.3 is 4.74 Å². The second-order valence-corrected chi connectivity index (χ2v) is 4.12. The molecule has 1 heterocycles. The van der Waals surface area contributed by atoms with E-state index in [-0.39, 0.29) is 5.56 Å². The van der Waals surface area contributed by atoms with Crippen LogP contribution < -0.4 is 10.3 Å². The minimum absolute atomic E-state index is 0.154. The summed E-state index contributed by atoms with van der Waals surface area (Å²) in [6.07, 6.45) is 2.33. The van der Waals surface area contributed by atoms with E-state index >= 15 is 0 Å². The number of methoxy groups -OCH3 is 1. The van der Waals surface area contributed by atoms with Crippen molar-refractivity contribution >= 4 is 10.8 Å². The molecular weight excluding hydrogens is 204 g/mol. The molecule has 3 rings (SSSR count). The van der Waals surface area contributed by atoms with E-state index < -0.39 is 0 Å². The summed E-state index contributed by atoms with van der Waals surface area (Å²) in [6.45, 7) is 0. The first kappa shape index (κ1) is 9.39. The number of H-pyrrole nitrogens is 1. The largest absolute Gasteiger partial charge is 0.497 e. The summed E-state index contributed by atoms with van der Waals surface area (Å²) < 4.78 is 5.12. The molecule has 0 aliphatic heterocycles. The average Bonchev–Trinajstić information content (AvgIpc) is 3.13. The fourth-order valence-corrected chi connectivity index (χ4v) is 1.96. The molecule has 4 heteroatoms. The SMILES string of the molecule is COc1ccc2c(C3CC3)n[nH]c(=O)c2c1. The number of aromatic amines is 1. The molecule has 0 saturated heterocycles. The van der Waals surface area contributed by atoms with Crippen molar-refractivity contribution in [3.05, 3.63) is 34.2 Å². The van der Waals surface area contributed by atoms with Crippen LogP contribution in [0.15, 0.2) is 23.0 Å². The van der Waals surface area contributed by atoms with Crippen LogP contribution in [0, 0.1) is 0 Å². The Morgan fingerprint density at radius 3 is 2.88 bits per heavy atom. The number of nitrogens with one attached hydrogen (secondary N) is 1. The average molecular weight is 216 g/mol. The van der Waals surface area contributed by atoms with E-state index in [1.807, 2.05) is 12.1 Å². The van der Waals surface area contributed by atoms with Gasteiger partial charge in [-0.25, -0.2) is 5.10 Å². The molecule has 1 aromatic heterocycles. The van der Waals surface area contributed by atoms with Gasteiger partial charge in [-0.15, -0.1) is 0 Å². The van der Waals surface area contributed by atoms with E-state index in [9.17, 15) is 4.79 Å². The molecule has 1 fully saturated rings. The van der Waals surface area contributed by atoms with Crippen molar-refractivity contribution in [2.45, 2.75) is 18.8 Å². The fourth-order valence-electron chi connectivity index (χ4n) is 1.96. The van der Waals surface area contributed by atoms with Gasteiger partial charge in [-0.05, 0) is 31.0 Å². The van der Waals surface area contributed by atoms with Gasteiger partial charge in [-0.1, -0.05) is 0 Å². The lowest BCUT2D eigenvalue weighted by molar-refractivity contribution is 0.415. The molecule has 16 heavy (non-hydrogen) atoms. The Kier molecular flexibility index (Phi) is 1.96. The van der Waals surface area contributed by atoms with Crippen molar-refractivity contribution in [3.8, 4) is 5.75 Å². The van der Waals surface area contributed by atoms with E-state index in [2.05, 4.69) is 10.2 Å². The van der Waals surface area contributed by atoms with Crippen molar-refractivity contribution in [1.82, 2.24) is 10.2 Å². The van der Waals surface area contributed by atoms with Gasteiger partial charge in [-0.2, -0.15) is 5.10 Å². The lowest BCUT2D eigenvalue weighted by atomic mass is 10.1. The molecular formula is C12H12N2O2. The van der Waals surface area contributed by atoms with Crippen molar-refractivity contribution < 1.29 is 4.74 Å². The molecule has 1 saturated carbocycles. The van der Waals surface area contributed by atoms with E-state index in [0.29, 0.717) is 17.1 Å². The smallest absolute Gasteiger partial charge is 0.272 e. The second kappa shape index (κ2) is 3.33. The highest BCUT2D eigenvalue weighted by molar-refractivity contribution is 5.85. The van der Waals surface area contributed by atoms with Gasteiger partial charge in [0.15, 0.2) is 0 Å². The number of benzene rings is 1. The number of hydrogen-bond acceptors (Lipinski definition) is 3. The number of hydrogen-bond donors (Lipinski definition) is 1. The monoisotopic (exact) mass is 216 g/mol. The van der Waals surface area contributed by atoms with Gasteiger partial charge in [-0.3, -0.25) is 4.79 Å². The molecule has 1 aliphatic carbocycles. The minimum atomic E-state index is -0.154. The molecule has 2 aromatic rings. The zero-order valence-corrected chi connectivity index (χ0v) is 8.99. The highest BCUT2D eigenvalue weighted by atomic mass is 16.5. The summed E-state index contributed by atoms with van der Waals surface area (Å²) in [4.78, 5) is 11.7. The number of nitrogens with zero attached hydrogens (tertiary/aromatic N) is 1. The van der Waals surface area contributed by atoms with Crippen molar-refractivity contribution in [3.63, 3.8) is 0 Å². The molecule has 0 bridgehead atoms. The lowest BCUT2D eigenvalue weighted by Crippen LogP contribution is -2.10. The normalized spacial score (nSPS) is 15.3. The van der Waals surface area contributed by atoms with Crippen LogP contribution in [0.3, 0.4) is 0 Å². The zero-order chi connectivity index (χ0) is 11.1. The van der Waals surface area contributed by atoms with Crippen molar-refractivity contribution in [1.29, 1.82) is 0 Å². The molecule has 4 nitrogen and oxygen atoms in total. The summed E-state index contributed by atoms with van der Waals surface area (Å²) in [5.74, 6) is 1.22. The Morgan fingerprint density at radius 2 is 2.19 bits per heavy atom. The van der Waals surface area contributed by atoms with Crippen LogP contribution in [0.1, 0.15) is 24.5 Å². The summed E-state index contributed by atoms with van der Waals surface area (Å²) in [6, 6.07) is 5.56. The number of aromatic nitrogens is 2. The van der Waals surface area contributed by atoms with E-state index in [4.69, 9.17) is 4.74 Å². The van der Waals surface area contributed by atoms with Gasteiger partial charge in [0.2, 0.25) is 0 Å². The fraction of sp³-hybridized carbons (Fsp3) is 0.333. The summed E-state index contributed by atoms with van der Waals surface area (Å²) in [5.41, 5.74) is 0.857. The molecule has 0 amide bonds. The Hall–Kier alpha value is -1.84. The molecule has 1 N–H and O–H groups in total. The Morgan fingerprint density at radius 1 is 1.38 bits per heavy atom. The zero-order valence-electron chi connectivity index (χ0n) is 8.99. The summed E-state index contributed by atoms with van der Waals surface area (Å²) in [7, 11) is 1.60. The third kappa shape index (κ3) is 1.38. The molecule has 1 aliphatic rings. The van der Waals surface area contributed by atoms with Gasteiger partial charge in [0.05, 0.1) is 18.2 Å². The van der Waals surface area contributed by atoms with Crippen LogP contribution in [0.25, 0.3) is 10.8 Å². The Labute approximate surface area is 92.2 Å². The number of ether oxygens (including phenoxy) is 1. The topological polar surface area (TPSA) is 55.0 Å². The van der Waals surface area contributed by atoms with Crippen LogP contribution in [0.5, 0.6) is 5.75 Å². The number of fused-ring (bicyclic) bond motifs is 1. The second-order valence-electron chi connectivity index (χ2n) is 4.12. The lowest BCUT2D eigenvalue weighted by Gasteiger charge is -2.05. The van der Waals surface area contributed by atoms with Crippen molar-refractivity contribution in [2.24, 2.45) is 0 Å². The minimum Gasteiger partial charge on any atom is -0.497 e. The predicted molar refractivity (Wildman–Crippen MR) is 60.9 cm³/mol.